The summed E-state index contributed by atoms with van der Waals surface area (Å²) in [5.41, 5.74) is 4.60. The van der Waals surface area contributed by atoms with Gasteiger partial charge in [0, 0.05) is 18.6 Å². The summed E-state index contributed by atoms with van der Waals surface area (Å²) in [6.45, 7) is 2.00. The Morgan fingerprint density at radius 3 is 2.78 bits per heavy atom. The molecular weight excluding hydrogens is 338 g/mol. The van der Waals surface area contributed by atoms with E-state index >= 15 is 0 Å². The third-order valence-electron chi connectivity index (χ3n) is 4.98. The number of pyridine rings is 1. The molecular formula is C21H23N5O. The molecule has 0 saturated carbocycles. The number of benzene rings is 1. The summed E-state index contributed by atoms with van der Waals surface area (Å²) < 4.78 is 1.63. The Morgan fingerprint density at radius 2 is 1.96 bits per heavy atom. The number of hydrogen-bond donors (Lipinski definition) is 2. The zero-order valence-electron chi connectivity index (χ0n) is 15.4. The van der Waals surface area contributed by atoms with E-state index in [1.165, 1.54) is 24.0 Å². The van der Waals surface area contributed by atoms with Gasteiger partial charge >= 0.3 is 6.03 Å². The standard InChI is InChI=1S/C21H23N5O/c1-15(17-10-9-16-6-2-3-7-18(16)14-17)24-21(27)25-19-8-4-11-22-20(19)26-13-5-12-23-26/h4-5,8-15H,2-3,6-7H2,1H3,(H2,24,25,27). The average Bonchev–Trinajstić information content (AvgIpc) is 3.22. The van der Waals surface area contributed by atoms with Crippen molar-refractivity contribution in [3.8, 4) is 5.82 Å². The van der Waals surface area contributed by atoms with Crippen LogP contribution >= 0.6 is 0 Å². The van der Waals surface area contributed by atoms with Crippen LogP contribution in [0.2, 0.25) is 0 Å². The molecule has 6 heteroatoms. The molecule has 27 heavy (non-hydrogen) atoms. The molecule has 1 aliphatic rings. The van der Waals surface area contributed by atoms with Gasteiger partial charge in [-0.3, -0.25) is 0 Å². The second-order valence-electron chi connectivity index (χ2n) is 6.88. The van der Waals surface area contributed by atoms with Gasteiger partial charge in [-0.15, -0.1) is 0 Å². The second kappa shape index (κ2) is 7.61. The number of rotatable bonds is 4. The van der Waals surface area contributed by atoms with E-state index in [0.717, 1.165) is 18.4 Å². The van der Waals surface area contributed by atoms with E-state index in [1.807, 2.05) is 19.1 Å². The van der Waals surface area contributed by atoms with Crippen molar-refractivity contribution in [2.24, 2.45) is 0 Å². The van der Waals surface area contributed by atoms with Crippen molar-refractivity contribution in [3.63, 3.8) is 0 Å². The number of aryl methyl sites for hydroxylation is 2. The van der Waals surface area contributed by atoms with Crippen LogP contribution in [0.3, 0.4) is 0 Å². The van der Waals surface area contributed by atoms with E-state index < -0.39 is 0 Å². The number of fused-ring (bicyclic) bond motifs is 1. The molecule has 3 aromatic rings. The van der Waals surface area contributed by atoms with Crippen molar-refractivity contribution in [2.75, 3.05) is 5.32 Å². The summed E-state index contributed by atoms with van der Waals surface area (Å²) in [5, 5.41) is 10.1. The molecule has 0 bridgehead atoms. The highest BCUT2D eigenvalue weighted by Gasteiger charge is 2.15. The lowest BCUT2D eigenvalue weighted by Crippen LogP contribution is -2.31. The molecule has 2 heterocycles. The van der Waals surface area contributed by atoms with E-state index in [2.05, 4.69) is 38.9 Å². The molecule has 1 aromatic carbocycles. The van der Waals surface area contributed by atoms with Crippen LogP contribution in [0.15, 0.2) is 55.0 Å². The van der Waals surface area contributed by atoms with Crippen LogP contribution in [0.25, 0.3) is 5.82 Å². The molecule has 1 atom stereocenters. The molecule has 0 fully saturated rings. The molecule has 1 unspecified atom stereocenters. The summed E-state index contributed by atoms with van der Waals surface area (Å²) in [6, 6.07) is 11.6. The topological polar surface area (TPSA) is 71.8 Å². The number of urea groups is 1. The number of hydrogen-bond acceptors (Lipinski definition) is 3. The van der Waals surface area contributed by atoms with Crippen LogP contribution in [0.1, 0.15) is 42.5 Å². The molecule has 0 radical (unpaired) electrons. The van der Waals surface area contributed by atoms with Gasteiger partial charge in [0.1, 0.15) is 0 Å². The maximum atomic E-state index is 12.5. The number of carbonyl (C=O) groups is 1. The van der Waals surface area contributed by atoms with Crippen molar-refractivity contribution < 1.29 is 4.79 Å². The van der Waals surface area contributed by atoms with E-state index in [4.69, 9.17) is 0 Å². The summed E-state index contributed by atoms with van der Waals surface area (Å²) >= 11 is 0. The highest BCUT2D eigenvalue weighted by Crippen LogP contribution is 2.25. The Hall–Kier alpha value is -3.15. The van der Waals surface area contributed by atoms with Gasteiger partial charge < -0.3 is 10.6 Å². The predicted octanol–water partition coefficient (Wildman–Crippen LogP) is 4.03. The molecule has 2 amide bonds. The molecule has 0 aliphatic heterocycles. The largest absolute Gasteiger partial charge is 0.331 e. The molecule has 0 spiro atoms. The predicted molar refractivity (Wildman–Crippen MR) is 105 cm³/mol. The molecule has 138 valence electrons. The Balaban J connectivity index is 1.46. The molecule has 2 aromatic heterocycles. The zero-order chi connectivity index (χ0) is 18.6. The first-order valence-corrected chi connectivity index (χ1v) is 9.35. The van der Waals surface area contributed by atoms with Gasteiger partial charge in [-0.25, -0.2) is 14.5 Å². The monoisotopic (exact) mass is 361 g/mol. The minimum Gasteiger partial charge on any atom is -0.331 e. The highest BCUT2D eigenvalue weighted by molar-refractivity contribution is 5.91. The van der Waals surface area contributed by atoms with Crippen molar-refractivity contribution in [2.45, 2.75) is 38.6 Å². The maximum absolute atomic E-state index is 12.5. The van der Waals surface area contributed by atoms with Gasteiger partial charge in [0.25, 0.3) is 0 Å². The molecule has 0 saturated heterocycles. The van der Waals surface area contributed by atoms with Gasteiger partial charge in [-0.1, -0.05) is 18.2 Å². The van der Waals surface area contributed by atoms with E-state index in [1.54, 1.807) is 29.3 Å². The lowest BCUT2D eigenvalue weighted by Gasteiger charge is -2.20. The van der Waals surface area contributed by atoms with Crippen molar-refractivity contribution >= 4 is 11.7 Å². The summed E-state index contributed by atoms with van der Waals surface area (Å²) in [5.74, 6) is 0.582. The van der Waals surface area contributed by atoms with Crippen molar-refractivity contribution in [3.05, 3.63) is 71.7 Å². The average molecular weight is 361 g/mol. The second-order valence-corrected chi connectivity index (χ2v) is 6.88. The SMILES string of the molecule is CC(NC(=O)Nc1cccnc1-n1cccn1)c1ccc2c(c1)CCCC2. The summed E-state index contributed by atoms with van der Waals surface area (Å²) in [7, 11) is 0. The van der Waals surface area contributed by atoms with E-state index in [-0.39, 0.29) is 12.1 Å². The first-order chi connectivity index (χ1) is 13.2. The molecule has 6 nitrogen and oxygen atoms in total. The number of anilines is 1. The lowest BCUT2D eigenvalue weighted by molar-refractivity contribution is 0.249. The van der Waals surface area contributed by atoms with E-state index in [0.29, 0.717) is 11.5 Å². The Kier molecular flexibility index (Phi) is 4.87. The minimum atomic E-state index is -0.262. The van der Waals surface area contributed by atoms with Crippen molar-refractivity contribution in [1.82, 2.24) is 20.1 Å². The van der Waals surface area contributed by atoms with Crippen molar-refractivity contribution in [1.29, 1.82) is 0 Å². The van der Waals surface area contributed by atoms with Crippen LogP contribution in [-0.2, 0) is 12.8 Å². The van der Waals surface area contributed by atoms with Gasteiger partial charge in [-0.05, 0) is 67.5 Å². The lowest BCUT2D eigenvalue weighted by atomic mass is 9.89. The number of nitrogens with zero attached hydrogens (tertiary/aromatic N) is 3. The smallest absolute Gasteiger partial charge is 0.319 e. The van der Waals surface area contributed by atoms with E-state index in [9.17, 15) is 4.79 Å². The Morgan fingerprint density at radius 1 is 1.11 bits per heavy atom. The van der Waals surface area contributed by atoms with Crippen LogP contribution < -0.4 is 10.6 Å². The fourth-order valence-corrected chi connectivity index (χ4v) is 3.53. The number of aromatic nitrogens is 3. The zero-order valence-corrected chi connectivity index (χ0v) is 15.4. The normalized spacial score (nSPS) is 14.3. The summed E-state index contributed by atoms with van der Waals surface area (Å²) in [6.07, 6.45) is 9.95. The highest BCUT2D eigenvalue weighted by atomic mass is 16.2. The first-order valence-electron chi connectivity index (χ1n) is 9.35. The molecule has 1 aliphatic carbocycles. The number of carbonyl (C=O) groups excluding carboxylic acids is 1. The summed E-state index contributed by atoms with van der Waals surface area (Å²) in [4.78, 5) is 16.8. The molecule has 4 rings (SSSR count). The van der Waals surface area contributed by atoms with Crippen LogP contribution in [0, 0.1) is 0 Å². The van der Waals surface area contributed by atoms with Gasteiger partial charge in [0.05, 0.1) is 11.7 Å². The van der Waals surface area contributed by atoms with Crippen LogP contribution in [0.5, 0.6) is 0 Å². The Labute approximate surface area is 158 Å². The minimum absolute atomic E-state index is 0.0814. The molecule has 2 N–H and O–H groups in total. The number of nitrogens with one attached hydrogen (secondary N) is 2. The van der Waals surface area contributed by atoms with Gasteiger partial charge in [-0.2, -0.15) is 5.10 Å². The first kappa shape index (κ1) is 17.3. The fraction of sp³-hybridized carbons (Fsp3) is 0.286. The third kappa shape index (κ3) is 3.84. The van der Waals surface area contributed by atoms with Crippen LogP contribution in [0.4, 0.5) is 10.5 Å². The maximum Gasteiger partial charge on any atom is 0.319 e. The fourth-order valence-electron chi connectivity index (χ4n) is 3.53. The van der Waals surface area contributed by atoms with Gasteiger partial charge in [0.15, 0.2) is 5.82 Å². The number of amides is 2. The van der Waals surface area contributed by atoms with Gasteiger partial charge in [0.2, 0.25) is 0 Å². The Bertz CT molecular complexity index is 936. The van der Waals surface area contributed by atoms with Crippen LogP contribution in [-0.4, -0.2) is 20.8 Å². The quantitative estimate of drug-likeness (QED) is 0.737. The third-order valence-corrected chi connectivity index (χ3v) is 4.98.